The summed E-state index contributed by atoms with van der Waals surface area (Å²) in [6, 6.07) is 8.93. The van der Waals surface area contributed by atoms with Crippen molar-refractivity contribution in [3.63, 3.8) is 0 Å². The number of amides is 3. The Morgan fingerprint density at radius 3 is 2.60 bits per heavy atom. The van der Waals surface area contributed by atoms with E-state index in [0.29, 0.717) is 12.8 Å². The van der Waals surface area contributed by atoms with Crippen molar-refractivity contribution in [3.8, 4) is 5.69 Å². The summed E-state index contributed by atoms with van der Waals surface area (Å²) in [5.74, 6) is -0.468. The lowest BCUT2D eigenvalue weighted by Crippen LogP contribution is -2.58. The molecule has 0 unspecified atom stereocenters. The van der Waals surface area contributed by atoms with Crippen LogP contribution in [-0.2, 0) is 4.79 Å². The van der Waals surface area contributed by atoms with Crippen LogP contribution in [0.25, 0.3) is 5.69 Å². The van der Waals surface area contributed by atoms with Crippen molar-refractivity contribution in [3.05, 3.63) is 48.3 Å². The molecule has 0 radical (unpaired) electrons. The molecule has 1 aromatic carbocycles. The zero-order valence-corrected chi connectivity index (χ0v) is 14.2. The van der Waals surface area contributed by atoms with Gasteiger partial charge in [0.25, 0.3) is 0 Å². The number of hydrogen-bond donors (Lipinski definition) is 3. The van der Waals surface area contributed by atoms with E-state index in [-0.39, 0.29) is 12.1 Å². The molecule has 0 spiro atoms. The second kappa shape index (κ2) is 6.96. The molecule has 7 heteroatoms. The number of aromatic nitrogens is 2. The number of carbonyl (C=O) groups is 2. The average molecular weight is 341 g/mol. The molecular weight excluding hydrogens is 318 g/mol. The van der Waals surface area contributed by atoms with E-state index in [1.165, 1.54) is 0 Å². The summed E-state index contributed by atoms with van der Waals surface area (Å²) in [5, 5.41) is 9.96. The third-order valence-electron chi connectivity index (χ3n) is 4.78. The topological polar surface area (TPSA) is 102 Å². The number of nitrogens with zero attached hydrogens (tertiary/aromatic N) is 2. The molecule has 2 aromatic rings. The molecule has 132 valence electrons. The molecule has 0 bridgehead atoms. The number of para-hydroxylation sites is 1. The fraction of sp³-hybridized carbons (Fsp3) is 0.389. The fourth-order valence-corrected chi connectivity index (χ4v) is 3.41. The Labute approximate surface area is 146 Å². The van der Waals surface area contributed by atoms with Crippen molar-refractivity contribution in [1.82, 2.24) is 20.4 Å². The van der Waals surface area contributed by atoms with E-state index < -0.39 is 11.4 Å². The quantitative estimate of drug-likeness (QED) is 0.775. The summed E-state index contributed by atoms with van der Waals surface area (Å²) < 4.78 is 1.76. The van der Waals surface area contributed by atoms with Gasteiger partial charge in [-0.05, 0) is 37.5 Å². The summed E-state index contributed by atoms with van der Waals surface area (Å²) >= 11 is 0. The lowest BCUT2D eigenvalue weighted by atomic mass is 9.97. The number of benzene rings is 1. The molecule has 7 nitrogen and oxygen atoms in total. The van der Waals surface area contributed by atoms with Gasteiger partial charge in [0, 0.05) is 12.4 Å². The number of nitrogens with two attached hydrogens (primary N) is 1. The second-order valence-corrected chi connectivity index (χ2v) is 6.48. The molecule has 3 amide bonds. The number of primary amides is 1. The molecule has 1 fully saturated rings. The number of carbonyl (C=O) groups excluding carboxylic acids is 2. The SMILES string of the molecule is C[C@H](NC(=O)NC1(C(N)=O)CCCC1)c1ccccc1-n1cccn1. The maximum Gasteiger partial charge on any atom is 0.316 e. The molecule has 4 N–H and O–H groups in total. The Morgan fingerprint density at radius 1 is 1.24 bits per heavy atom. The van der Waals surface area contributed by atoms with Crippen molar-refractivity contribution in [1.29, 1.82) is 0 Å². The van der Waals surface area contributed by atoms with Gasteiger partial charge in [-0.1, -0.05) is 31.0 Å². The Kier molecular flexibility index (Phi) is 4.74. The summed E-state index contributed by atoms with van der Waals surface area (Å²) in [5.41, 5.74) is 6.42. The third kappa shape index (κ3) is 3.50. The molecule has 0 aliphatic heterocycles. The van der Waals surface area contributed by atoms with Gasteiger partial charge in [0.15, 0.2) is 0 Å². The first-order valence-corrected chi connectivity index (χ1v) is 8.49. The zero-order valence-electron chi connectivity index (χ0n) is 14.2. The predicted octanol–water partition coefficient (Wildman–Crippen LogP) is 2.03. The van der Waals surface area contributed by atoms with E-state index in [1.54, 1.807) is 10.9 Å². The minimum absolute atomic E-state index is 0.258. The van der Waals surface area contributed by atoms with E-state index in [1.807, 2.05) is 43.5 Å². The van der Waals surface area contributed by atoms with Crippen LogP contribution in [0, 0.1) is 0 Å². The van der Waals surface area contributed by atoms with E-state index in [4.69, 9.17) is 5.73 Å². The molecule has 25 heavy (non-hydrogen) atoms. The largest absolute Gasteiger partial charge is 0.368 e. The number of nitrogens with one attached hydrogen (secondary N) is 2. The van der Waals surface area contributed by atoms with E-state index in [2.05, 4.69) is 15.7 Å². The van der Waals surface area contributed by atoms with Crippen LogP contribution in [0.1, 0.15) is 44.2 Å². The molecule has 1 aliphatic carbocycles. The van der Waals surface area contributed by atoms with Crippen LogP contribution in [0.4, 0.5) is 4.79 Å². The maximum atomic E-state index is 12.4. The molecule has 1 aromatic heterocycles. The molecule has 0 saturated heterocycles. The van der Waals surface area contributed by atoms with Gasteiger partial charge in [-0.2, -0.15) is 5.10 Å². The Bertz CT molecular complexity index is 751. The summed E-state index contributed by atoms with van der Waals surface area (Å²) in [6.45, 7) is 1.90. The van der Waals surface area contributed by atoms with Crippen molar-refractivity contribution < 1.29 is 9.59 Å². The second-order valence-electron chi connectivity index (χ2n) is 6.48. The summed E-state index contributed by atoms with van der Waals surface area (Å²) in [4.78, 5) is 24.2. The molecule has 1 saturated carbocycles. The minimum atomic E-state index is -0.925. The summed E-state index contributed by atoms with van der Waals surface area (Å²) in [7, 11) is 0. The Hall–Kier alpha value is -2.83. The van der Waals surface area contributed by atoms with Gasteiger partial charge in [0.2, 0.25) is 5.91 Å². The average Bonchev–Trinajstić information content (AvgIpc) is 3.27. The molecule has 1 heterocycles. The van der Waals surface area contributed by atoms with Crippen LogP contribution in [-0.4, -0.2) is 27.3 Å². The Morgan fingerprint density at radius 2 is 1.96 bits per heavy atom. The van der Waals surface area contributed by atoms with Gasteiger partial charge in [0.05, 0.1) is 11.7 Å². The van der Waals surface area contributed by atoms with Crippen LogP contribution in [0.2, 0.25) is 0 Å². The highest BCUT2D eigenvalue weighted by Gasteiger charge is 2.41. The summed E-state index contributed by atoms with van der Waals surface area (Å²) in [6.07, 6.45) is 6.52. The van der Waals surface area contributed by atoms with Crippen LogP contribution >= 0.6 is 0 Å². The van der Waals surface area contributed by atoms with Crippen LogP contribution < -0.4 is 16.4 Å². The van der Waals surface area contributed by atoms with Crippen LogP contribution in [0.15, 0.2) is 42.7 Å². The van der Waals surface area contributed by atoms with Gasteiger partial charge in [-0.25, -0.2) is 9.48 Å². The van der Waals surface area contributed by atoms with Crippen molar-refractivity contribution in [2.45, 2.75) is 44.2 Å². The smallest absolute Gasteiger partial charge is 0.316 e. The van der Waals surface area contributed by atoms with E-state index in [9.17, 15) is 9.59 Å². The Balaban J connectivity index is 1.73. The lowest BCUT2D eigenvalue weighted by molar-refractivity contribution is -0.123. The highest BCUT2D eigenvalue weighted by Crippen LogP contribution is 2.29. The predicted molar refractivity (Wildman–Crippen MR) is 94.0 cm³/mol. The fourth-order valence-electron chi connectivity index (χ4n) is 3.41. The van der Waals surface area contributed by atoms with Gasteiger partial charge < -0.3 is 16.4 Å². The zero-order chi connectivity index (χ0) is 17.9. The highest BCUT2D eigenvalue weighted by atomic mass is 16.2. The van der Waals surface area contributed by atoms with Crippen LogP contribution in [0.3, 0.4) is 0 Å². The van der Waals surface area contributed by atoms with Gasteiger partial charge in [-0.15, -0.1) is 0 Å². The van der Waals surface area contributed by atoms with E-state index in [0.717, 1.165) is 24.1 Å². The molecular formula is C18H23N5O2. The van der Waals surface area contributed by atoms with Crippen molar-refractivity contribution >= 4 is 11.9 Å². The monoisotopic (exact) mass is 341 g/mol. The number of hydrogen-bond acceptors (Lipinski definition) is 3. The molecule has 1 atom stereocenters. The lowest BCUT2D eigenvalue weighted by Gasteiger charge is -2.28. The van der Waals surface area contributed by atoms with Gasteiger partial charge in [-0.3, -0.25) is 4.79 Å². The normalized spacial score (nSPS) is 17.0. The van der Waals surface area contributed by atoms with Crippen LogP contribution in [0.5, 0.6) is 0 Å². The van der Waals surface area contributed by atoms with E-state index >= 15 is 0 Å². The third-order valence-corrected chi connectivity index (χ3v) is 4.78. The maximum absolute atomic E-state index is 12.4. The number of urea groups is 1. The first kappa shape index (κ1) is 17.0. The van der Waals surface area contributed by atoms with Gasteiger partial charge >= 0.3 is 6.03 Å². The van der Waals surface area contributed by atoms with Crippen molar-refractivity contribution in [2.24, 2.45) is 5.73 Å². The first-order chi connectivity index (χ1) is 12.0. The minimum Gasteiger partial charge on any atom is -0.368 e. The van der Waals surface area contributed by atoms with Crippen molar-refractivity contribution in [2.75, 3.05) is 0 Å². The molecule has 1 aliphatic rings. The number of rotatable bonds is 5. The highest BCUT2D eigenvalue weighted by molar-refractivity contribution is 5.90. The molecule has 3 rings (SSSR count). The first-order valence-electron chi connectivity index (χ1n) is 8.49. The van der Waals surface area contributed by atoms with Gasteiger partial charge in [0.1, 0.15) is 5.54 Å². The standard InChI is InChI=1S/C18H23N5O2/c1-13(14-7-2-3-8-15(14)23-12-6-11-20-23)21-17(25)22-18(16(19)24)9-4-5-10-18/h2-3,6-8,11-13H,4-5,9-10H2,1H3,(H2,19,24)(H2,21,22,25)/t13-/m0/s1.